The summed E-state index contributed by atoms with van der Waals surface area (Å²) in [6, 6.07) is 12.2. The van der Waals surface area contributed by atoms with Gasteiger partial charge in [0.15, 0.2) is 0 Å². The van der Waals surface area contributed by atoms with Crippen molar-refractivity contribution in [3.63, 3.8) is 0 Å². The number of hydrogen-bond acceptors (Lipinski definition) is 6. The van der Waals surface area contributed by atoms with Crippen LogP contribution in [0.3, 0.4) is 0 Å². The first kappa shape index (κ1) is 20.9. The molecule has 1 saturated heterocycles. The van der Waals surface area contributed by atoms with Crippen LogP contribution in [0.5, 0.6) is 5.75 Å². The molecule has 4 rings (SSSR count). The van der Waals surface area contributed by atoms with Gasteiger partial charge < -0.3 is 14.4 Å². The Labute approximate surface area is 182 Å². The highest BCUT2D eigenvalue weighted by molar-refractivity contribution is 5.92. The minimum Gasteiger partial charge on any atom is -0.497 e. The van der Waals surface area contributed by atoms with Crippen LogP contribution in [-0.4, -0.2) is 52.6 Å². The number of carbonyl (C=O) groups is 1. The third-order valence-electron chi connectivity index (χ3n) is 5.26. The standard InChI is InChI=1S/C24H26N4O3/c1-16-9-19(10-18-5-4-6-20(11-18)30-3)12-21(27-16)23-15-28(7-8-31-23)24(29)22-14-25-17(2)13-26-22/h4-6,9,11-14,23H,7-8,10,15H2,1-3H3/t23-/m0/s1. The van der Waals surface area contributed by atoms with Gasteiger partial charge in [0.25, 0.3) is 5.91 Å². The van der Waals surface area contributed by atoms with Crippen LogP contribution in [0.25, 0.3) is 0 Å². The van der Waals surface area contributed by atoms with Crippen molar-refractivity contribution in [3.05, 3.63) is 82.7 Å². The number of carbonyl (C=O) groups excluding carboxylic acids is 1. The van der Waals surface area contributed by atoms with Crippen molar-refractivity contribution in [3.8, 4) is 5.75 Å². The second-order valence-corrected chi connectivity index (χ2v) is 7.72. The van der Waals surface area contributed by atoms with Crippen LogP contribution in [0.15, 0.2) is 48.8 Å². The Kier molecular flexibility index (Phi) is 6.23. The Hall–Kier alpha value is -3.32. The summed E-state index contributed by atoms with van der Waals surface area (Å²) in [5.74, 6) is 0.706. The van der Waals surface area contributed by atoms with E-state index < -0.39 is 0 Å². The van der Waals surface area contributed by atoms with Crippen LogP contribution in [-0.2, 0) is 11.2 Å². The minimum atomic E-state index is -0.278. The van der Waals surface area contributed by atoms with Gasteiger partial charge >= 0.3 is 0 Å². The first-order valence-corrected chi connectivity index (χ1v) is 10.3. The number of pyridine rings is 1. The molecule has 1 aromatic carbocycles. The highest BCUT2D eigenvalue weighted by atomic mass is 16.5. The zero-order valence-corrected chi connectivity index (χ0v) is 18.0. The number of aromatic nitrogens is 3. The van der Waals surface area contributed by atoms with Crippen LogP contribution < -0.4 is 4.74 Å². The smallest absolute Gasteiger partial charge is 0.274 e. The van der Waals surface area contributed by atoms with Gasteiger partial charge in [0.2, 0.25) is 0 Å². The summed E-state index contributed by atoms with van der Waals surface area (Å²) in [5, 5.41) is 0. The summed E-state index contributed by atoms with van der Waals surface area (Å²) in [6.07, 6.45) is 3.62. The topological polar surface area (TPSA) is 77.4 Å². The summed E-state index contributed by atoms with van der Waals surface area (Å²) >= 11 is 0. The van der Waals surface area contributed by atoms with E-state index in [1.165, 1.54) is 6.20 Å². The zero-order chi connectivity index (χ0) is 21.8. The molecule has 160 valence electrons. The first-order valence-electron chi connectivity index (χ1n) is 10.3. The van der Waals surface area contributed by atoms with Crippen LogP contribution >= 0.6 is 0 Å². The molecule has 2 aromatic heterocycles. The molecule has 0 bridgehead atoms. The van der Waals surface area contributed by atoms with Crippen molar-refractivity contribution >= 4 is 5.91 Å². The monoisotopic (exact) mass is 418 g/mol. The number of morpholine rings is 1. The molecule has 7 heteroatoms. The maximum Gasteiger partial charge on any atom is 0.274 e. The number of rotatable bonds is 5. The fraction of sp³-hybridized carbons (Fsp3) is 0.333. The van der Waals surface area contributed by atoms with E-state index in [9.17, 15) is 4.79 Å². The maximum absolute atomic E-state index is 12.9. The molecule has 31 heavy (non-hydrogen) atoms. The molecule has 0 saturated carbocycles. The summed E-state index contributed by atoms with van der Waals surface area (Å²) in [7, 11) is 1.67. The Morgan fingerprint density at radius 3 is 2.77 bits per heavy atom. The number of benzene rings is 1. The van der Waals surface area contributed by atoms with Gasteiger partial charge in [-0.2, -0.15) is 0 Å². The molecule has 3 aromatic rings. The summed E-state index contributed by atoms with van der Waals surface area (Å²) in [6.45, 7) is 5.23. The van der Waals surface area contributed by atoms with Gasteiger partial charge in [-0.3, -0.25) is 14.8 Å². The Morgan fingerprint density at radius 2 is 2.00 bits per heavy atom. The quantitative estimate of drug-likeness (QED) is 0.633. The third-order valence-corrected chi connectivity index (χ3v) is 5.26. The number of amides is 1. The first-order chi connectivity index (χ1) is 15.0. The van der Waals surface area contributed by atoms with Crippen molar-refractivity contribution in [2.45, 2.75) is 26.4 Å². The summed E-state index contributed by atoms with van der Waals surface area (Å²) in [5.41, 5.74) is 5.20. The fourth-order valence-electron chi connectivity index (χ4n) is 3.73. The predicted molar refractivity (Wildman–Crippen MR) is 116 cm³/mol. The van der Waals surface area contributed by atoms with E-state index in [-0.39, 0.29) is 12.0 Å². The molecule has 1 atom stereocenters. The van der Waals surface area contributed by atoms with Crippen LogP contribution in [0, 0.1) is 13.8 Å². The van der Waals surface area contributed by atoms with Gasteiger partial charge in [0, 0.05) is 18.4 Å². The normalized spacial score (nSPS) is 16.2. The number of aryl methyl sites for hydroxylation is 2. The predicted octanol–water partition coefficient (Wildman–Crippen LogP) is 3.30. The average molecular weight is 418 g/mol. The van der Waals surface area contributed by atoms with E-state index in [1.54, 1.807) is 18.2 Å². The number of ether oxygens (including phenoxy) is 2. The molecular formula is C24H26N4O3. The SMILES string of the molecule is COc1cccc(Cc2cc(C)nc([C@@H]3CN(C(=O)c4cnc(C)cn4)CCO3)c2)c1. The molecule has 0 N–H and O–H groups in total. The Bertz CT molecular complexity index is 1070. The van der Waals surface area contributed by atoms with Gasteiger partial charge in [-0.1, -0.05) is 12.1 Å². The largest absolute Gasteiger partial charge is 0.497 e. The molecule has 1 fully saturated rings. The van der Waals surface area contributed by atoms with E-state index >= 15 is 0 Å². The fourth-order valence-corrected chi connectivity index (χ4v) is 3.73. The van der Waals surface area contributed by atoms with Gasteiger partial charge in [0.05, 0.1) is 37.8 Å². The molecule has 0 radical (unpaired) electrons. The van der Waals surface area contributed by atoms with Crippen molar-refractivity contribution in [1.29, 1.82) is 0 Å². The lowest BCUT2D eigenvalue weighted by Gasteiger charge is -2.32. The van der Waals surface area contributed by atoms with Crippen molar-refractivity contribution in [1.82, 2.24) is 19.9 Å². The third kappa shape index (κ3) is 5.06. The highest BCUT2D eigenvalue weighted by Gasteiger charge is 2.28. The second kappa shape index (κ2) is 9.22. The van der Waals surface area contributed by atoms with E-state index in [0.717, 1.165) is 40.4 Å². The Balaban J connectivity index is 1.51. The lowest BCUT2D eigenvalue weighted by molar-refractivity contribution is -0.0250. The van der Waals surface area contributed by atoms with E-state index in [2.05, 4.69) is 28.2 Å². The molecule has 0 spiro atoms. The molecule has 7 nitrogen and oxygen atoms in total. The average Bonchev–Trinajstić information content (AvgIpc) is 2.79. The van der Waals surface area contributed by atoms with Gasteiger partial charge in [-0.15, -0.1) is 0 Å². The Morgan fingerprint density at radius 1 is 1.13 bits per heavy atom. The van der Waals surface area contributed by atoms with E-state index in [0.29, 0.717) is 25.4 Å². The van der Waals surface area contributed by atoms with Gasteiger partial charge in [-0.25, -0.2) is 4.98 Å². The zero-order valence-electron chi connectivity index (χ0n) is 18.0. The minimum absolute atomic E-state index is 0.134. The van der Waals surface area contributed by atoms with Crippen LogP contribution in [0.2, 0.25) is 0 Å². The van der Waals surface area contributed by atoms with Gasteiger partial charge in [-0.05, 0) is 55.7 Å². The lowest BCUT2D eigenvalue weighted by Crippen LogP contribution is -2.42. The van der Waals surface area contributed by atoms with Crippen LogP contribution in [0.1, 0.15) is 44.8 Å². The van der Waals surface area contributed by atoms with E-state index in [1.807, 2.05) is 32.0 Å². The van der Waals surface area contributed by atoms with Crippen molar-refractivity contribution in [2.24, 2.45) is 0 Å². The highest BCUT2D eigenvalue weighted by Crippen LogP contribution is 2.24. The molecule has 3 heterocycles. The number of methoxy groups -OCH3 is 1. The molecular weight excluding hydrogens is 392 g/mol. The summed E-state index contributed by atoms with van der Waals surface area (Å²) in [4.78, 5) is 27.7. The van der Waals surface area contributed by atoms with Crippen molar-refractivity contribution < 1.29 is 14.3 Å². The molecule has 0 aliphatic carbocycles. The van der Waals surface area contributed by atoms with E-state index in [4.69, 9.17) is 14.5 Å². The number of hydrogen-bond donors (Lipinski definition) is 0. The molecule has 1 aliphatic rings. The maximum atomic E-state index is 12.9. The van der Waals surface area contributed by atoms with Crippen LogP contribution in [0.4, 0.5) is 0 Å². The van der Waals surface area contributed by atoms with Gasteiger partial charge in [0.1, 0.15) is 17.5 Å². The molecule has 1 amide bonds. The molecule has 1 aliphatic heterocycles. The lowest BCUT2D eigenvalue weighted by atomic mass is 10.0. The van der Waals surface area contributed by atoms with Crippen molar-refractivity contribution in [2.75, 3.05) is 26.8 Å². The second-order valence-electron chi connectivity index (χ2n) is 7.72. The summed E-state index contributed by atoms with van der Waals surface area (Å²) < 4.78 is 11.3. The number of nitrogens with zero attached hydrogens (tertiary/aromatic N) is 4. The molecule has 0 unspecified atom stereocenters.